The summed E-state index contributed by atoms with van der Waals surface area (Å²) in [4.78, 5) is 22.6. The van der Waals surface area contributed by atoms with Gasteiger partial charge in [-0.1, -0.05) is 17.7 Å². The summed E-state index contributed by atoms with van der Waals surface area (Å²) in [6.07, 6.45) is 0.616. The number of benzene rings is 1. The normalized spacial score (nSPS) is 11.8. The molecule has 0 aliphatic rings. The van der Waals surface area contributed by atoms with Crippen molar-refractivity contribution in [2.75, 3.05) is 20.8 Å². The Bertz CT molecular complexity index is 506. The maximum atomic E-state index is 11.7. The predicted molar refractivity (Wildman–Crippen MR) is 77.8 cm³/mol. The quantitative estimate of drug-likeness (QED) is 0.759. The summed E-state index contributed by atoms with van der Waals surface area (Å²) in [5.74, 6) is -0.917. The minimum Gasteiger partial charge on any atom is -0.495 e. The lowest BCUT2D eigenvalue weighted by atomic mass is 10.1. The first-order valence-corrected chi connectivity index (χ1v) is 6.69. The van der Waals surface area contributed by atoms with E-state index in [1.807, 2.05) is 6.07 Å². The maximum absolute atomic E-state index is 11.7. The van der Waals surface area contributed by atoms with Gasteiger partial charge in [0.25, 0.3) is 0 Å². The van der Waals surface area contributed by atoms with E-state index in [2.05, 4.69) is 5.32 Å². The Balaban J connectivity index is 2.52. The van der Waals surface area contributed by atoms with Gasteiger partial charge in [0.2, 0.25) is 5.91 Å². The zero-order valence-corrected chi connectivity index (χ0v) is 12.6. The summed E-state index contributed by atoms with van der Waals surface area (Å²) in [6, 6.07) is 4.21. The summed E-state index contributed by atoms with van der Waals surface area (Å²) >= 11 is 5.99. The number of carbonyl (C=O) groups is 2. The molecule has 0 heterocycles. The van der Waals surface area contributed by atoms with Crippen LogP contribution in [0.5, 0.6) is 5.75 Å². The Morgan fingerprint density at radius 1 is 1.38 bits per heavy atom. The van der Waals surface area contributed by atoms with Crippen LogP contribution in [0.15, 0.2) is 18.2 Å². The van der Waals surface area contributed by atoms with Gasteiger partial charge < -0.3 is 19.9 Å². The minimum atomic E-state index is -1.13. The second-order valence-corrected chi connectivity index (χ2v) is 4.79. The van der Waals surface area contributed by atoms with E-state index in [9.17, 15) is 9.59 Å². The van der Waals surface area contributed by atoms with Crippen LogP contribution in [0.1, 0.15) is 12.0 Å². The first-order chi connectivity index (χ1) is 9.97. The van der Waals surface area contributed by atoms with Gasteiger partial charge in [-0.2, -0.15) is 0 Å². The van der Waals surface area contributed by atoms with E-state index < -0.39 is 12.0 Å². The molecule has 0 saturated heterocycles. The van der Waals surface area contributed by atoms with Gasteiger partial charge in [0, 0.05) is 13.5 Å². The van der Waals surface area contributed by atoms with E-state index in [1.54, 1.807) is 12.1 Å². The lowest BCUT2D eigenvalue weighted by Crippen LogP contribution is -2.43. The molecule has 0 spiro atoms. The van der Waals surface area contributed by atoms with Crippen molar-refractivity contribution in [3.05, 3.63) is 28.8 Å². The van der Waals surface area contributed by atoms with E-state index in [-0.39, 0.29) is 18.9 Å². The highest BCUT2D eigenvalue weighted by atomic mass is 35.5. The van der Waals surface area contributed by atoms with E-state index in [0.717, 1.165) is 5.56 Å². The molecule has 0 aliphatic carbocycles. The van der Waals surface area contributed by atoms with Gasteiger partial charge in [0.05, 0.1) is 18.7 Å². The third-order valence-electron chi connectivity index (χ3n) is 2.82. The van der Waals surface area contributed by atoms with Crippen LogP contribution in [0.4, 0.5) is 0 Å². The Labute approximate surface area is 128 Å². The lowest BCUT2D eigenvalue weighted by molar-refractivity contribution is -0.143. The number of carboxylic acid groups (broad SMARTS) is 1. The molecule has 0 aliphatic heterocycles. The molecule has 0 fully saturated rings. The number of rotatable bonds is 8. The molecule has 1 rings (SSSR count). The molecule has 6 nitrogen and oxygen atoms in total. The standard InChI is InChI=1S/C14H18ClNO5/c1-20-8-11(14(18)19)16-13(17)6-4-9-3-5-12(21-2)10(15)7-9/h3,5,7,11H,4,6,8H2,1-2H3,(H,16,17)(H,18,19). The fraction of sp³-hybridized carbons (Fsp3) is 0.429. The summed E-state index contributed by atoms with van der Waals surface area (Å²) in [5.41, 5.74) is 0.870. The van der Waals surface area contributed by atoms with Gasteiger partial charge >= 0.3 is 5.97 Å². The molecule has 1 aromatic carbocycles. The first-order valence-electron chi connectivity index (χ1n) is 6.31. The lowest BCUT2D eigenvalue weighted by Gasteiger charge is -2.13. The number of carboxylic acids is 1. The molecular weight excluding hydrogens is 298 g/mol. The van der Waals surface area contributed by atoms with Crippen molar-refractivity contribution in [1.82, 2.24) is 5.32 Å². The molecular formula is C14H18ClNO5. The van der Waals surface area contributed by atoms with E-state index >= 15 is 0 Å². The number of ether oxygens (including phenoxy) is 2. The number of hydrogen-bond donors (Lipinski definition) is 2. The van der Waals surface area contributed by atoms with Gasteiger partial charge in [-0.25, -0.2) is 4.79 Å². The van der Waals surface area contributed by atoms with Crippen LogP contribution < -0.4 is 10.1 Å². The summed E-state index contributed by atoms with van der Waals surface area (Å²) in [7, 11) is 2.90. The third kappa shape index (κ3) is 5.61. The Kier molecular flexibility index (Phi) is 6.98. The highest BCUT2D eigenvalue weighted by molar-refractivity contribution is 6.32. The molecule has 1 atom stereocenters. The molecule has 116 valence electrons. The molecule has 2 N–H and O–H groups in total. The number of amides is 1. The van der Waals surface area contributed by atoms with Gasteiger partial charge in [0.1, 0.15) is 5.75 Å². The van der Waals surface area contributed by atoms with E-state index in [1.165, 1.54) is 14.2 Å². The number of aryl methyl sites for hydroxylation is 1. The summed E-state index contributed by atoms with van der Waals surface area (Å²) < 4.78 is 9.78. The van der Waals surface area contributed by atoms with Crippen LogP contribution >= 0.6 is 11.6 Å². The Hall–Kier alpha value is -1.79. The highest BCUT2D eigenvalue weighted by Crippen LogP contribution is 2.25. The van der Waals surface area contributed by atoms with Gasteiger partial charge in [-0.15, -0.1) is 0 Å². The summed E-state index contributed by atoms with van der Waals surface area (Å²) in [6.45, 7) is -0.0740. The van der Waals surface area contributed by atoms with E-state index in [4.69, 9.17) is 26.2 Å². The van der Waals surface area contributed by atoms with Crippen molar-refractivity contribution in [3.63, 3.8) is 0 Å². The van der Waals surface area contributed by atoms with Gasteiger partial charge in [-0.3, -0.25) is 4.79 Å². The number of methoxy groups -OCH3 is 2. The molecule has 7 heteroatoms. The smallest absolute Gasteiger partial charge is 0.328 e. The Morgan fingerprint density at radius 2 is 2.10 bits per heavy atom. The number of halogens is 1. The highest BCUT2D eigenvalue weighted by Gasteiger charge is 2.19. The SMILES string of the molecule is COCC(NC(=O)CCc1ccc(OC)c(Cl)c1)C(=O)O. The monoisotopic (exact) mass is 315 g/mol. The summed E-state index contributed by atoms with van der Waals surface area (Å²) in [5, 5.41) is 11.8. The molecule has 0 radical (unpaired) electrons. The predicted octanol–water partition coefficient (Wildman–Crippen LogP) is 1.50. The number of nitrogens with one attached hydrogen (secondary N) is 1. The van der Waals surface area contributed by atoms with Crippen LogP contribution in [0.25, 0.3) is 0 Å². The molecule has 0 bridgehead atoms. The van der Waals surface area contributed by atoms with Gasteiger partial charge in [-0.05, 0) is 24.1 Å². The molecule has 1 aromatic rings. The van der Waals surface area contributed by atoms with Gasteiger partial charge in [0.15, 0.2) is 6.04 Å². The second-order valence-electron chi connectivity index (χ2n) is 4.38. The molecule has 1 unspecified atom stereocenters. The molecule has 0 saturated carbocycles. The number of aliphatic carboxylic acids is 1. The van der Waals surface area contributed by atoms with Crippen molar-refractivity contribution in [1.29, 1.82) is 0 Å². The topological polar surface area (TPSA) is 84.9 Å². The van der Waals surface area contributed by atoms with Crippen LogP contribution in [0.3, 0.4) is 0 Å². The maximum Gasteiger partial charge on any atom is 0.328 e. The average molecular weight is 316 g/mol. The molecule has 0 aromatic heterocycles. The first kappa shape index (κ1) is 17.3. The zero-order chi connectivity index (χ0) is 15.8. The van der Waals surface area contributed by atoms with Crippen molar-refractivity contribution < 1.29 is 24.2 Å². The van der Waals surface area contributed by atoms with E-state index in [0.29, 0.717) is 17.2 Å². The second kappa shape index (κ2) is 8.49. The van der Waals surface area contributed by atoms with Crippen LogP contribution in [0.2, 0.25) is 5.02 Å². The minimum absolute atomic E-state index is 0.0740. The fourth-order valence-electron chi connectivity index (χ4n) is 1.73. The van der Waals surface area contributed by atoms with Crippen molar-refractivity contribution in [2.45, 2.75) is 18.9 Å². The third-order valence-corrected chi connectivity index (χ3v) is 3.12. The zero-order valence-electron chi connectivity index (χ0n) is 11.9. The number of carbonyl (C=O) groups excluding carboxylic acids is 1. The fourth-order valence-corrected chi connectivity index (χ4v) is 2.01. The van der Waals surface area contributed by atoms with Crippen molar-refractivity contribution >= 4 is 23.5 Å². The molecule has 21 heavy (non-hydrogen) atoms. The van der Waals surface area contributed by atoms with Crippen LogP contribution in [-0.4, -0.2) is 43.9 Å². The van der Waals surface area contributed by atoms with Crippen molar-refractivity contribution in [2.24, 2.45) is 0 Å². The largest absolute Gasteiger partial charge is 0.495 e. The number of hydrogen-bond acceptors (Lipinski definition) is 4. The Morgan fingerprint density at radius 3 is 2.62 bits per heavy atom. The van der Waals surface area contributed by atoms with Crippen molar-refractivity contribution in [3.8, 4) is 5.75 Å². The van der Waals surface area contributed by atoms with Crippen LogP contribution in [-0.2, 0) is 20.7 Å². The van der Waals surface area contributed by atoms with Crippen LogP contribution in [0, 0.1) is 0 Å². The molecule has 1 amide bonds. The average Bonchev–Trinajstić information content (AvgIpc) is 2.44.